The summed E-state index contributed by atoms with van der Waals surface area (Å²) in [6, 6.07) is 6.39. The SMILES string of the molecule is CC(Sc1nnc(CN2CCCCC2)n1-c1ccc(F)cc1)C(=O)N1CCCC1. The predicted molar refractivity (Wildman–Crippen MR) is 112 cm³/mol. The summed E-state index contributed by atoms with van der Waals surface area (Å²) in [5, 5.41) is 9.31. The Labute approximate surface area is 175 Å². The van der Waals surface area contributed by atoms with Crippen molar-refractivity contribution in [2.45, 2.75) is 56.0 Å². The lowest BCUT2D eigenvalue weighted by Crippen LogP contribution is -2.34. The van der Waals surface area contributed by atoms with Gasteiger partial charge in [0.15, 0.2) is 11.0 Å². The zero-order chi connectivity index (χ0) is 20.2. The second-order valence-electron chi connectivity index (χ2n) is 7.84. The first-order valence-corrected chi connectivity index (χ1v) is 11.4. The molecule has 8 heteroatoms. The maximum absolute atomic E-state index is 13.5. The molecule has 3 heterocycles. The molecule has 2 fully saturated rings. The molecule has 0 spiro atoms. The van der Waals surface area contributed by atoms with Crippen LogP contribution in [0.1, 0.15) is 44.9 Å². The third-order valence-corrected chi connectivity index (χ3v) is 6.68. The number of halogens is 1. The van der Waals surface area contributed by atoms with Crippen LogP contribution in [0.4, 0.5) is 4.39 Å². The summed E-state index contributed by atoms with van der Waals surface area (Å²) in [6.45, 7) is 6.44. The number of rotatable bonds is 6. The molecule has 0 bridgehead atoms. The Morgan fingerprint density at radius 3 is 2.38 bits per heavy atom. The van der Waals surface area contributed by atoms with Crippen molar-refractivity contribution in [2.24, 2.45) is 0 Å². The number of hydrogen-bond acceptors (Lipinski definition) is 5. The first-order chi connectivity index (χ1) is 14.1. The number of carbonyl (C=O) groups excluding carboxylic acids is 1. The number of nitrogens with zero attached hydrogens (tertiary/aromatic N) is 5. The van der Waals surface area contributed by atoms with E-state index in [9.17, 15) is 9.18 Å². The summed E-state index contributed by atoms with van der Waals surface area (Å²) in [4.78, 5) is 17.1. The van der Waals surface area contributed by atoms with E-state index in [1.807, 2.05) is 16.4 Å². The van der Waals surface area contributed by atoms with Gasteiger partial charge in [-0.05, 0) is 70.0 Å². The van der Waals surface area contributed by atoms with Gasteiger partial charge in [-0.25, -0.2) is 4.39 Å². The van der Waals surface area contributed by atoms with Crippen molar-refractivity contribution in [1.29, 1.82) is 0 Å². The van der Waals surface area contributed by atoms with Crippen molar-refractivity contribution in [3.63, 3.8) is 0 Å². The van der Waals surface area contributed by atoms with Crippen LogP contribution in [0, 0.1) is 5.82 Å². The van der Waals surface area contributed by atoms with Crippen LogP contribution in [0.3, 0.4) is 0 Å². The second kappa shape index (κ2) is 9.26. The minimum absolute atomic E-state index is 0.152. The van der Waals surface area contributed by atoms with Crippen molar-refractivity contribution >= 4 is 17.7 Å². The van der Waals surface area contributed by atoms with Gasteiger partial charge in [0.25, 0.3) is 0 Å². The van der Waals surface area contributed by atoms with E-state index in [0.29, 0.717) is 11.7 Å². The number of aromatic nitrogens is 3. The average molecular weight is 418 g/mol. The van der Waals surface area contributed by atoms with E-state index < -0.39 is 0 Å². The van der Waals surface area contributed by atoms with Gasteiger partial charge < -0.3 is 4.90 Å². The molecule has 2 aromatic rings. The molecule has 29 heavy (non-hydrogen) atoms. The lowest BCUT2D eigenvalue weighted by atomic mass is 10.1. The van der Waals surface area contributed by atoms with E-state index in [-0.39, 0.29) is 17.0 Å². The fourth-order valence-corrected chi connectivity index (χ4v) is 5.02. The molecule has 1 atom stereocenters. The Balaban J connectivity index is 1.58. The highest BCUT2D eigenvalue weighted by molar-refractivity contribution is 8.00. The molecule has 0 saturated carbocycles. The van der Waals surface area contributed by atoms with Crippen molar-refractivity contribution in [2.75, 3.05) is 26.2 Å². The largest absolute Gasteiger partial charge is 0.342 e. The number of piperidine rings is 1. The molecular weight excluding hydrogens is 389 g/mol. The van der Waals surface area contributed by atoms with Gasteiger partial charge in [-0.15, -0.1) is 10.2 Å². The molecular formula is C21H28FN5OS. The highest BCUT2D eigenvalue weighted by Crippen LogP contribution is 2.28. The molecule has 6 nitrogen and oxygen atoms in total. The number of benzene rings is 1. The summed E-state index contributed by atoms with van der Waals surface area (Å²) in [6.07, 6.45) is 5.84. The van der Waals surface area contributed by atoms with Crippen LogP contribution >= 0.6 is 11.8 Å². The Hall–Kier alpha value is -1.93. The van der Waals surface area contributed by atoms with E-state index in [2.05, 4.69) is 15.1 Å². The van der Waals surface area contributed by atoms with Crippen molar-refractivity contribution in [1.82, 2.24) is 24.6 Å². The van der Waals surface area contributed by atoms with Gasteiger partial charge in [-0.2, -0.15) is 0 Å². The van der Waals surface area contributed by atoms with Gasteiger partial charge in [0.1, 0.15) is 5.82 Å². The quantitative estimate of drug-likeness (QED) is 0.674. The Kier molecular flexibility index (Phi) is 6.50. The summed E-state index contributed by atoms with van der Waals surface area (Å²) in [7, 11) is 0. The van der Waals surface area contributed by atoms with E-state index in [1.54, 1.807) is 12.1 Å². The Bertz CT molecular complexity index is 828. The van der Waals surface area contributed by atoms with Crippen LogP contribution in [-0.2, 0) is 11.3 Å². The fourth-order valence-electron chi connectivity index (χ4n) is 4.05. The molecule has 1 aromatic carbocycles. The molecule has 156 valence electrons. The average Bonchev–Trinajstić information content (AvgIpc) is 3.40. The monoisotopic (exact) mass is 417 g/mol. The number of hydrogen-bond donors (Lipinski definition) is 0. The van der Waals surface area contributed by atoms with Gasteiger partial charge >= 0.3 is 0 Å². The van der Waals surface area contributed by atoms with Crippen LogP contribution < -0.4 is 0 Å². The van der Waals surface area contributed by atoms with Crippen molar-refractivity contribution in [3.8, 4) is 5.69 Å². The first-order valence-electron chi connectivity index (χ1n) is 10.5. The number of likely N-dealkylation sites (tertiary alicyclic amines) is 2. The Morgan fingerprint density at radius 1 is 1.03 bits per heavy atom. The molecule has 1 aromatic heterocycles. The van der Waals surface area contributed by atoms with Crippen LogP contribution in [0.2, 0.25) is 0 Å². The first kappa shape index (κ1) is 20.3. The molecule has 1 unspecified atom stereocenters. The number of thioether (sulfide) groups is 1. The predicted octanol–water partition coefficient (Wildman–Crippen LogP) is 3.50. The third-order valence-electron chi connectivity index (χ3n) is 5.65. The van der Waals surface area contributed by atoms with Gasteiger partial charge in [-0.3, -0.25) is 14.3 Å². The summed E-state index contributed by atoms with van der Waals surface area (Å²) in [5.74, 6) is 0.715. The van der Waals surface area contributed by atoms with Crippen molar-refractivity contribution in [3.05, 3.63) is 35.9 Å². The normalized spacial score (nSPS) is 18.9. The molecule has 0 N–H and O–H groups in total. The summed E-state index contributed by atoms with van der Waals surface area (Å²) >= 11 is 1.43. The van der Waals surface area contributed by atoms with E-state index in [1.165, 1.54) is 43.2 Å². The van der Waals surface area contributed by atoms with Gasteiger partial charge in [0.2, 0.25) is 5.91 Å². The molecule has 0 aliphatic carbocycles. The van der Waals surface area contributed by atoms with E-state index >= 15 is 0 Å². The van der Waals surface area contributed by atoms with Crippen LogP contribution in [0.5, 0.6) is 0 Å². The number of amides is 1. The highest BCUT2D eigenvalue weighted by Gasteiger charge is 2.27. The smallest absolute Gasteiger partial charge is 0.235 e. The highest BCUT2D eigenvalue weighted by atomic mass is 32.2. The second-order valence-corrected chi connectivity index (χ2v) is 9.15. The van der Waals surface area contributed by atoms with Gasteiger partial charge in [0, 0.05) is 18.8 Å². The molecule has 2 aliphatic rings. The fraction of sp³-hybridized carbons (Fsp3) is 0.571. The maximum Gasteiger partial charge on any atom is 0.235 e. The maximum atomic E-state index is 13.5. The topological polar surface area (TPSA) is 54.3 Å². The van der Waals surface area contributed by atoms with Crippen LogP contribution in [-0.4, -0.2) is 61.9 Å². The third kappa shape index (κ3) is 4.80. The molecule has 4 rings (SSSR count). The standard InChI is InChI=1S/C21H28FN5OS/c1-16(20(28)26-13-5-6-14-26)29-21-24-23-19(15-25-11-3-2-4-12-25)27(21)18-9-7-17(22)8-10-18/h7-10,16H,2-6,11-15H2,1H3. The molecule has 2 saturated heterocycles. The minimum atomic E-state index is -0.272. The zero-order valence-corrected chi connectivity index (χ0v) is 17.7. The molecule has 1 amide bonds. The van der Waals surface area contributed by atoms with E-state index in [4.69, 9.17) is 0 Å². The summed E-state index contributed by atoms with van der Waals surface area (Å²) < 4.78 is 15.5. The lowest BCUT2D eigenvalue weighted by Gasteiger charge is -2.26. The van der Waals surface area contributed by atoms with Gasteiger partial charge in [-0.1, -0.05) is 18.2 Å². The van der Waals surface area contributed by atoms with E-state index in [0.717, 1.165) is 50.5 Å². The molecule has 2 aliphatic heterocycles. The number of carbonyl (C=O) groups is 1. The lowest BCUT2D eigenvalue weighted by molar-refractivity contribution is -0.129. The van der Waals surface area contributed by atoms with Crippen LogP contribution in [0.15, 0.2) is 29.4 Å². The van der Waals surface area contributed by atoms with Crippen LogP contribution in [0.25, 0.3) is 5.69 Å². The summed E-state index contributed by atoms with van der Waals surface area (Å²) in [5.41, 5.74) is 0.826. The Morgan fingerprint density at radius 2 is 1.69 bits per heavy atom. The minimum Gasteiger partial charge on any atom is -0.342 e. The van der Waals surface area contributed by atoms with Gasteiger partial charge in [0.05, 0.1) is 11.8 Å². The molecule has 0 radical (unpaired) electrons. The van der Waals surface area contributed by atoms with Crippen molar-refractivity contribution < 1.29 is 9.18 Å². The zero-order valence-electron chi connectivity index (χ0n) is 16.9.